The van der Waals surface area contributed by atoms with Gasteiger partial charge in [-0.15, -0.1) is 0 Å². The minimum atomic E-state index is -0.396. The summed E-state index contributed by atoms with van der Waals surface area (Å²) in [6.45, 7) is 10.9. The number of carbonyl (C=O) groups is 1. The highest BCUT2D eigenvalue weighted by molar-refractivity contribution is 5.68. The van der Waals surface area contributed by atoms with Crippen molar-refractivity contribution in [2.45, 2.75) is 58.6 Å². The Morgan fingerprint density at radius 2 is 2.00 bits per heavy atom. The first-order valence-electron chi connectivity index (χ1n) is 7.94. The van der Waals surface area contributed by atoms with Gasteiger partial charge in [0.1, 0.15) is 5.60 Å². The topological polar surface area (TPSA) is 32.8 Å². The molecule has 2 fully saturated rings. The fourth-order valence-corrected chi connectivity index (χ4v) is 2.99. The molecule has 2 rings (SSSR count). The van der Waals surface area contributed by atoms with E-state index < -0.39 is 5.60 Å². The van der Waals surface area contributed by atoms with Crippen molar-refractivity contribution in [3.8, 4) is 0 Å². The highest BCUT2D eigenvalue weighted by Gasteiger charge is 2.34. The van der Waals surface area contributed by atoms with Crippen LogP contribution in [0.15, 0.2) is 0 Å². The van der Waals surface area contributed by atoms with Crippen LogP contribution in [-0.2, 0) is 4.74 Å². The van der Waals surface area contributed by atoms with Crippen LogP contribution in [0.2, 0.25) is 0 Å². The maximum Gasteiger partial charge on any atom is 0.410 e. The van der Waals surface area contributed by atoms with Gasteiger partial charge in [-0.05, 0) is 65.8 Å². The summed E-state index contributed by atoms with van der Waals surface area (Å²) >= 11 is 0. The molecule has 0 aromatic heterocycles. The van der Waals surface area contributed by atoms with Crippen LogP contribution < -0.4 is 0 Å². The Hall–Kier alpha value is -0.770. The minimum Gasteiger partial charge on any atom is -0.444 e. The monoisotopic (exact) mass is 282 g/mol. The largest absolute Gasteiger partial charge is 0.444 e. The summed E-state index contributed by atoms with van der Waals surface area (Å²) in [6.07, 6.45) is 3.72. The number of hydrogen-bond acceptors (Lipinski definition) is 3. The van der Waals surface area contributed by atoms with E-state index in [-0.39, 0.29) is 6.09 Å². The molecule has 0 radical (unpaired) electrons. The highest BCUT2D eigenvalue weighted by atomic mass is 16.6. The second-order valence-electron chi connectivity index (χ2n) is 7.60. The Balaban J connectivity index is 1.75. The molecule has 0 aromatic carbocycles. The van der Waals surface area contributed by atoms with Gasteiger partial charge in [0.05, 0.1) is 0 Å². The summed E-state index contributed by atoms with van der Waals surface area (Å²) in [5, 5.41) is 0. The smallest absolute Gasteiger partial charge is 0.410 e. The quantitative estimate of drug-likeness (QED) is 0.794. The van der Waals surface area contributed by atoms with E-state index in [1.807, 2.05) is 25.7 Å². The van der Waals surface area contributed by atoms with E-state index in [1.165, 1.54) is 12.8 Å². The predicted octanol–water partition coefficient (Wildman–Crippen LogP) is 2.97. The number of amides is 1. The predicted molar refractivity (Wildman–Crippen MR) is 80.7 cm³/mol. The Morgan fingerprint density at radius 3 is 2.55 bits per heavy atom. The summed E-state index contributed by atoms with van der Waals surface area (Å²) in [5.74, 6) is 1.50. The second-order valence-corrected chi connectivity index (χ2v) is 7.60. The van der Waals surface area contributed by atoms with Gasteiger partial charge in [-0.1, -0.05) is 0 Å². The molecule has 1 heterocycles. The van der Waals surface area contributed by atoms with Crippen LogP contribution in [-0.4, -0.2) is 54.2 Å². The van der Waals surface area contributed by atoms with Crippen molar-refractivity contribution in [1.82, 2.24) is 9.80 Å². The van der Waals surface area contributed by atoms with E-state index >= 15 is 0 Å². The van der Waals surface area contributed by atoms with E-state index in [2.05, 4.69) is 18.9 Å². The van der Waals surface area contributed by atoms with Gasteiger partial charge in [-0.3, -0.25) is 0 Å². The molecule has 0 N–H and O–H groups in total. The van der Waals surface area contributed by atoms with Gasteiger partial charge in [-0.25, -0.2) is 4.79 Å². The Labute approximate surface area is 123 Å². The van der Waals surface area contributed by atoms with Crippen LogP contribution in [0.3, 0.4) is 0 Å². The van der Waals surface area contributed by atoms with Crippen molar-refractivity contribution in [3.05, 3.63) is 0 Å². The molecule has 1 saturated heterocycles. The first kappa shape index (κ1) is 15.6. The first-order chi connectivity index (χ1) is 9.26. The molecule has 4 heteroatoms. The lowest BCUT2D eigenvalue weighted by Crippen LogP contribution is -2.38. The fourth-order valence-electron chi connectivity index (χ4n) is 2.99. The average Bonchev–Trinajstić information content (AvgIpc) is 3.06. The third-order valence-electron chi connectivity index (χ3n) is 4.48. The maximum absolute atomic E-state index is 12.0. The molecule has 1 saturated carbocycles. The van der Waals surface area contributed by atoms with Crippen molar-refractivity contribution in [2.24, 2.45) is 11.8 Å². The van der Waals surface area contributed by atoms with E-state index in [9.17, 15) is 4.79 Å². The van der Waals surface area contributed by atoms with Crippen molar-refractivity contribution in [3.63, 3.8) is 0 Å². The molecule has 0 spiro atoms. The van der Waals surface area contributed by atoms with E-state index in [0.29, 0.717) is 12.0 Å². The zero-order valence-corrected chi connectivity index (χ0v) is 13.7. The lowest BCUT2D eigenvalue weighted by atomic mass is 10.1. The van der Waals surface area contributed by atoms with Gasteiger partial charge in [-0.2, -0.15) is 0 Å². The van der Waals surface area contributed by atoms with Crippen LogP contribution in [0.4, 0.5) is 4.79 Å². The molecular weight excluding hydrogens is 252 g/mol. The Bertz CT molecular complexity index is 347. The highest BCUT2D eigenvalue weighted by Crippen LogP contribution is 2.35. The van der Waals surface area contributed by atoms with Crippen LogP contribution in [0, 0.1) is 11.8 Å². The molecule has 0 bridgehead atoms. The summed E-state index contributed by atoms with van der Waals surface area (Å²) < 4.78 is 5.44. The molecule has 0 aromatic rings. The van der Waals surface area contributed by atoms with Crippen molar-refractivity contribution in [2.75, 3.05) is 26.7 Å². The Morgan fingerprint density at radius 1 is 1.35 bits per heavy atom. The molecular formula is C16H30N2O2. The second kappa shape index (κ2) is 5.92. The van der Waals surface area contributed by atoms with Gasteiger partial charge in [0.15, 0.2) is 0 Å². The standard InChI is InChI=1S/C16H30N2O2/c1-12(14-6-7-14)17(5)10-13-8-9-18(11-13)15(19)20-16(2,3)4/h12-14H,6-11H2,1-5H3/t12-,13-/m1/s1. The maximum atomic E-state index is 12.0. The summed E-state index contributed by atoms with van der Waals surface area (Å²) in [7, 11) is 2.22. The molecule has 1 aliphatic carbocycles. The Kier molecular flexibility index (Phi) is 4.62. The molecule has 20 heavy (non-hydrogen) atoms. The fraction of sp³-hybridized carbons (Fsp3) is 0.938. The molecule has 2 atom stereocenters. The molecule has 0 unspecified atom stereocenters. The van der Waals surface area contributed by atoms with Crippen molar-refractivity contribution in [1.29, 1.82) is 0 Å². The van der Waals surface area contributed by atoms with Crippen LogP contribution >= 0.6 is 0 Å². The average molecular weight is 282 g/mol. The number of likely N-dealkylation sites (tertiary alicyclic amines) is 1. The van der Waals surface area contributed by atoms with Gasteiger partial charge >= 0.3 is 6.09 Å². The number of carbonyl (C=O) groups excluding carboxylic acids is 1. The van der Waals surface area contributed by atoms with E-state index in [0.717, 1.165) is 32.0 Å². The zero-order chi connectivity index (χ0) is 14.9. The SMILES string of the molecule is C[C@H](C1CC1)N(C)C[C@H]1CCN(C(=O)OC(C)(C)C)C1. The lowest BCUT2D eigenvalue weighted by molar-refractivity contribution is 0.0284. The molecule has 4 nitrogen and oxygen atoms in total. The number of hydrogen-bond donors (Lipinski definition) is 0. The number of ether oxygens (including phenoxy) is 1. The van der Waals surface area contributed by atoms with Gasteiger partial charge in [0, 0.05) is 25.7 Å². The minimum absolute atomic E-state index is 0.155. The lowest BCUT2D eigenvalue weighted by Gasteiger charge is -2.28. The number of nitrogens with zero attached hydrogens (tertiary/aromatic N) is 2. The molecule has 2 aliphatic rings. The van der Waals surface area contributed by atoms with Gasteiger partial charge < -0.3 is 14.5 Å². The third kappa shape index (κ3) is 4.37. The van der Waals surface area contributed by atoms with Crippen LogP contribution in [0.1, 0.15) is 47.0 Å². The molecule has 116 valence electrons. The third-order valence-corrected chi connectivity index (χ3v) is 4.48. The summed E-state index contributed by atoms with van der Waals surface area (Å²) in [5.41, 5.74) is -0.396. The van der Waals surface area contributed by atoms with E-state index in [4.69, 9.17) is 4.74 Å². The van der Waals surface area contributed by atoms with Crippen LogP contribution in [0.25, 0.3) is 0 Å². The van der Waals surface area contributed by atoms with E-state index in [1.54, 1.807) is 0 Å². The normalized spacial score (nSPS) is 25.1. The number of rotatable bonds is 4. The van der Waals surface area contributed by atoms with Gasteiger partial charge in [0.25, 0.3) is 0 Å². The van der Waals surface area contributed by atoms with Gasteiger partial charge in [0.2, 0.25) is 0 Å². The van der Waals surface area contributed by atoms with Crippen molar-refractivity contribution >= 4 is 6.09 Å². The molecule has 1 amide bonds. The van der Waals surface area contributed by atoms with Crippen LogP contribution in [0.5, 0.6) is 0 Å². The van der Waals surface area contributed by atoms with Crippen molar-refractivity contribution < 1.29 is 9.53 Å². The summed E-state index contributed by atoms with van der Waals surface area (Å²) in [4.78, 5) is 16.4. The zero-order valence-electron chi connectivity index (χ0n) is 13.7. The first-order valence-corrected chi connectivity index (χ1v) is 7.94. The molecule has 1 aliphatic heterocycles. The summed E-state index contributed by atoms with van der Waals surface area (Å²) in [6, 6.07) is 0.686.